The summed E-state index contributed by atoms with van der Waals surface area (Å²) in [7, 11) is 0. The molecular weight excluding hydrogens is 402 g/mol. The molecule has 2 aromatic rings. The molecule has 4 nitrogen and oxygen atoms in total. The Kier molecular flexibility index (Phi) is 10.2. The van der Waals surface area contributed by atoms with E-state index in [1.165, 1.54) is 6.07 Å². The van der Waals surface area contributed by atoms with Crippen molar-refractivity contribution in [3.05, 3.63) is 59.2 Å². The van der Waals surface area contributed by atoms with Crippen LogP contribution in [0.1, 0.15) is 34.8 Å². The van der Waals surface area contributed by atoms with Gasteiger partial charge in [-0.25, -0.2) is 0 Å². The van der Waals surface area contributed by atoms with Crippen LogP contribution in [0, 0.1) is 0 Å². The topological polar surface area (TPSA) is 67.1 Å². The van der Waals surface area contributed by atoms with Crippen molar-refractivity contribution in [3.63, 3.8) is 0 Å². The minimum atomic E-state index is -4.48. The normalized spacial score (nSPS) is 10.4. The summed E-state index contributed by atoms with van der Waals surface area (Å²) in [4.78, 5) is 12.3. The zero-order valence-electron chi connectivity index (χ0n) is 14.6. The second-order valence-corrected chi connectivity index (χ2v) is 5.54. The minimum Gasteiger partial charge on any atom is -0.383 e. The number of nitrogens with one attached hydrogen (secondary N) is 2. The van der Waals surface area contributed by atoms with E-state index in [-0.39, 0.29) is 30.5 Å². The first kappa shape index (κ1) is 25.0. The number of carbonyl (C=O) groups is 1. The van der Waals surface area contributed by atoms with Gasteiger partial charge >= 0.3 is 6.18 Å². The van der Waals surface area contributed by atoms with Gasteiger partial charge in [-0.3, -0.25) is 4.79 Å². The summed E-state index contributed by atoms with van der Waals surface area (Å²) in [5.74, 6) is -0.484. The van der Waals surface area contributed by atoms with E-state index in [4.69, 9.17) is 5.73 Å². The summed E-state index contributed by atoms with van der Waals surface area (Å²) in [5, 5.41) is 5.57. The number of anilines is 2. The molecule has 1 amide bonds. The van der Waals surface area contributed by atoms with Gasteiger partial charge in [0.15, 0.2) is 0 Å². The third-order valence-corrected chi connectivity index (χ3v) is 3.61. The van der Waals surface area contributed by atoms with Crippen molar-refractivity contribution in [2.45, 2.75) is 26.1 Å². The molecule has 9 heteroatoms. The van der Waals surface area contributed by atoms with E-state index >= 15 is 0 Å². The van der Waals surface area contributed by atoms with Crippen molar-refractivity contribution < 1.29 is 18.0 Å². The fourth-order valence-corrected chi connectivity index (χ4v) is 2.22. The van der Waals surface area contributed by atoms with Crippen LogP contribution in [-0.2, 0) is 12.7 Å². The van der Waals surface area contributed by atoms with E-state index in [1.54, 1.807) is 24.3 Å². The molecule has 0 bridgehead atoms. The first-order valence-corrected chi connectivity index (χ1v) is 7.90. The van der Waals surface area contributed by atoms with Crippen LogP contribution in [0.2, 0.25) is 0 Å². The standard InChI is InChI=1S/C18H20F3N3O.2ClH/c1-2-9-23-15-8-7-14(18(19,20)21)10-16(15)24-17(25)13-5-3-12(11-22)4-6-13;;/h3-8,10,23H,2,9,11,22H2,1H3,(H,24,25);2*1H. The molecule has 150 valence electrons. The van der Waals surface area contributed by atoms with Crippen LogP contribution in [0.3, 0.4) is 0 Å². The number of amides is 1. The Morgan fingerprint density at radius 3 is 2.19 bits per heavy atom. The molecule has 0 unspecified atom stereocenters. The third kappa shape index (κ3) is 6.93. The van der Waals surface area contributed by atoms with Crippen LogP contribution in [0.25, 0.3) is 0 Å². The van der Waals surface area contributed by atoms with E-state index in [0.717, 1.165) is 24.1 Å². The van der Waals surface area contributed by atoms with Crippen molar-refractivity contribution >= 4 is 42.1 Å². The lowest BCUT2D eigenvalue weighted by Gasteiger charge is -2.16. The number of halogens is 5. The molecule has 0 saturated heterocycles. The van der Waals surface area contributed by atoms with Crippen molar-refractivity contribution in [2.75, 3.05) is 17.2 Å². The smallest absolute Gasteiger partial charge is 0.383 e. The third-order valence-electron chi connectivity index (χ3n) is 3.61. The largest absolute Gasteiger partial charge is 0.416 e. The second-order valence-electron chi connectivity index (χ2n) is 5.54. The monoisotopic (exact) mass is 423 g/mol. The summed E-state index contributed by atoms with van der Waals surface area (Å²) in [6.07, 6.45) is -3.68. The molecule has 0 saturated carbocycles. The molecule has 2 aromatic carbocycles. The lowest BCUT2D eigenvalue weighted by Crippen LogP contribution is -2.15. The highest BCUT2D eigenvalue weighted by molar-refractivity contribution is 6.06. The fraction of sp³-hybridized carbons (Fsp3) is 0.278. The second kappa shape index (κ2) is 11.0. The Labute approximate surface area is 168 Å². The Bertz CT molecular complexity index is 738. The van der Waals surface area contributed by atoms with Gasteiger partial charge in [-0.15, -0.1) is 24.8 Å². The average Bonchev–Trinajstić information content (AvgIpc) is 2.59. The number of hydrogen-bond acceptors (Lipinski definition) is 3. The van der Waals surface area contributed by atoms with Gasteiger partial charge in [0, 0.05) is 18.7 Å². The van der Waals surface area contributed by atoms with Gasteiger partial charge in [0.25, 0.3) is 5.91 Å². The van der Waals surface area contributed by atoms with E-state index in [2.05, 4.69) is 10.6 Å². The number of rotatable bonds is 6. The van der Waals surface area contributed by atoms with Crippen LogP contribution in [-0.4, -0.2) is 12.5 Å². The first-order valence-electron chi connectivity index (χ1n) is 7.90. The maximum atomic E-state index is 13.0. The van der Waals surface area contributed by atoms with Crippen LogP contribution < -0.4 is 16.4 Å². The van der Waals surface area contributed by atoms with Gasteiger partial charge in [0.05, 0.1) is 16.9 Å². The lowest BCUT2D eigenvalue weighted by molar-refractivity contribution is -0.137. The summed E-state index contributed by atoms with van der Waals surface area (Å²) in [6, 6.07) is 9.84. The number of hydrogen-bond donors (Lipinski definition) is 3. The number of carbonyl (C=O) groups excluding carboxylic acids is 1. The minimum absolute atomic E-state index is 0. The highest BCUT2D eigenvalue weighted by atomic mass is 35.5. The number of nitrogens with two attached hydrogens (primary N) is 1. The summed E-state index contributed by atoms with van der Waals surface area (Å²) in [5.41, 5.74) is 6.44. The first-order chi connectivity index (χ1) is 11.8. The highest BCUT2D eigenvalue weighted by Gasteiger charge is 2.31. The highest BCUT2D eigenvalue weighted by Crippen LogP contribution is 2.34. The Balaban J connectivity index is 0.00000338. The molecule has 0 aliphatic carbocycles. The Morgan fingerprint density at radius 1 is 1.04 bits per heavy atom. The van der Waals surface area contributed by atoms with Crippen molar-refractivity contribution in [3.8, 4) is 0 Å². The van der Waals surface area contributed by atoms with Crippen LogP contribution in [0.15, 0.2) is 42.5 Å². The van der Waals surface area contributed by atoms with Gasteiger partial charge in [-0.05, 0) is 42.3 Å². The molecule has 0 aromatic heterocycles. The predicted octanol–water partition coefficient (Wildman–Crippen LogP) is 5.08. The lowest BCUT2D eigenvalue weighted by atomic mass is 10.1. The molecule has 0 spiro atoms. The SMILES string of the molecule is CCCNc1ccc(C(F)(F)F)cc1NC(=O)c1ccc(CN)cc1.Cl.Cl. The maximum Gasteiger partial charge on any atom is 0.416 e. The van der Waals surface area contributed by atoms with Gasteiger partial charge in [-0.2, -0.15) is 13.2 Å². The molecule has 4 N–H and O–H groups in total. The summed E-state index contributed by atoms with van der Waals surface area (Å²) in [6.45, 7) is 2.87. The molecule has 0 aliphatic rings. The van der Waals surface area contributed by atoms with Crippen LogP contribution >= 0.6 is 24.8 Å². The predicted molar refractivity (Wildman–Crippen MR) is 107 cm³/mol. The van der Waals surface area contributed by atoms with Gasteiger partial charge in [-0.1, -0.05) is 19.1 Å². The van der Waals surface area contributed by atoms with Gasteiger partial charge in [0.2, 0.25) is 0 Å². The molecule has 0 radical (unpaired) electrons. The average molecular weight is 424 g/mol. The van der Waals surface area contributed by atoms with Crippen LogP contribution in [0.4, 0.5) is 24.5 Å². The summed E-state index contributed by atoms with van der Waals surface area (Å²) >= 11 is 0. The van der Waals surface area contributed by atoms with Crippen molar-refractivity contribution in [1.82, 2.24) is 0 Å². The molecular formula is C18H22Cl2F3N3O. The molecule has 2 rings (SSSR count). The quantitative estimate of drug-likeness (QED) is 0.606. The maximum absolute atomic E-state index is 13.0. The van der Waals surface area contributed by atoms with E-state index < -0.39 is 17.6 Å². The van der Waals surface area contributed by atoms with Gasteiger partial charge in [0.1, 0.15) is 0 Å². The zero-order chi connectivity index (χ0) is 18.4. The Morgan fingerprint density at radius 2 is 1.67 bits per heavy atom. The fourth-order valence-electron chi connectivity index (χ4n) is 2.22. The molecule has 0 heterocycles. The van der Waals surface area contributed by atoms with E-state index in [9.17, 15) is 18.0 Å². The van der Waals surface area contributed by atoms with E-state index in [0.29, 0.717) is 24.3 Å². The van der Waals surface area contributed by atoms with Gasteiger partial charge < -0.3 is 16.4 Å². The zero-order valence-corrected chi connectivity index (χ0v) is 16.2. The number of alkyl halides is 3. The molecule has 0 fully saturated rings. The van der Waals surface area contributed by atoms with Crippen LogP contribution in [0.5, 0.6) is 0 Å². The summed E-state index contributed by atoms with van der Waals surface area (Å²) < 4.78 is 38.9. The Hall–Kier alpha value is -1.96. The van der Waals surface area contributed by atoms with Crippen molar-refractivity contribution in [2.24, 2.45) is 5.73 Å². The van der Waals surface area contributed by atoms with E-state index in [1.807, 2.05) is 6.92 Å². The molecule has 0 atom stereocenters. The van der Waals surface area contributed by atoms with Crippen molar-refractivity contribution in [1.29, 1.82) is 0 Å². The molecule has 27 heavy (non-hydrogen) atoms. The number of benzene rings is 2. The molecule has 0 aliphatic heterocycles.